The molecule has 4 rings (SSSR count). The van der Waals surface area contributed by atoms with Crippen LogP contribution in [0.2, 0.25) is 0 Å². The molecule has 1 atom stereocenters. The molecule has 4 aromatic rings. The Morgan fingerprint density at radius 2 is 1.77 bits per heavy atom. The molecule has 0 spiro atoms. The fraction of sp³-hybridized carbons (Fsp3) is 0.208. The van der Waals surface area contributed by atoms with E-state index in [0.29, 0.717) is 33.5 Å². The normalized spacial score (nSPS) is 12.9. The number of hydrogen-bond acceptors (Lipinski definition) is 4. The highest BCUT2D eigenvalue weighted by Crippen LogP contribution is 2.39. The molecule has 2 heterocycles. The number of ether oxygens (including phenoxy) is 1. The third-order valence-electron chi connectivity index (χ3n) is 5.46. The average molecular weight is 494 g/mol. The van der Waals surface area contributed by atoms with E-state index < -0.39 is 24.6 Å². The number of aromatic nitrogens is 2. The van der Waals surface area contributed by atoms with Gasteiger partial charge in [-0.3, -0.25) is 4.98 Å². The molecule has 0 amide bonds. The summed E-state index contributed by atoms with van der Waals surface area (Å²) in [6.45, 7) is -2.06. The van der Waals surface area contributed by atoms with E-state index in [1.165, 1.54) is 48.7 Å². The molecule has 0 radical (unpaired) electrons. The molecule has 2 aromatic heterocycles. The summed E-state index contributed by atoms with van der Waals surface area (Å²) in [5, 5.41) is 2.92. The maximum Gasteiger partial charge on any atom is 0.403 e. The SMILES string of the molecule is CC(NCc1ccc(-c2c(N)c3ccc(OC(F)F)cc3n2-c2ccc(F)cc2)nc1)C(F)(F)F. The number of pyridine rings is 1. The van der Waals surface area contributed by atoms with Crippen molar-refractivity contribution in [3.8, 4) is 22.8 Å². The molecule has 2 aromatic carbocycles. The topological polar surface area (TPSA) is 65.1 Å². The van der Waals surface area contributed by atoms with E-state index in [1.54, 1.807) is 16.7 Å². The predicted molar refractivity (Wildman–Crippen MR) is 120 cm³/mol. The van der Waals surface area contributed by atoms with Gasteiger partial charge in [0.2, 0.25) is 0 Å². The van der Waals surface area contributed by atoms with Crippen LogP contribution in [0.15, 0.2) is 60.8 Å². The van der Waals surface area contributed by atoms with E-state index in [4.69, 9.17) is 5.73 Å². The van der Waals surface area contributed by atoms with Gasteiger partial charge in [-0.25, -0.2) is 4.39 Å². The quantitative estimate of drug-likeness (QED) is 0.307. The number of alkyl halides is 5. The first-order valence-corrected chi connectivity index (χ1v) is 10.4. The lowest BCUT2D eigenvalue weighted by Crippen LogP contribution is -2.39. The molecule has 35 heavy (non-hydrogen) atoms. The Balaban J connectivity index is 1.78. The summed E-state index contributed by atoms with van der Waals surface area (Å²) in [5.41, 5.74) is 8.92. The molecule has 0 bridgehead atoms. The van der Waals surface area contributed by atoms with E-state index in [2.05, 4.69) is 15.0 Å². The zero-order valence-corrected chi connectivity index (χ0v) is 18.3. The maximum atomic E-state index is 13.6. The van der Waals surface area contributed by atoms with Crippen molar-refractivity contribution in [2.45, 2.75) is 32.3 Å². The van der Waals surface area contributed by atoms with E-state index in [0.717, 1.165) is 6.92 Å². The molecular weight excluding hydrogens is 474 g/mol. The molecule has 184 valence electrons. The summed E-state index contributed by atoms with van der Waals surface area (Å²) in [6.07, 6.45) is -2.95. The largest absolute Gasteiger partial charge is 0.435 e. The van der Waals surface area contributed by atoms with Gasteiger partial charge in [-0.2, -0.15) is 22.0 Å². The van der Waals surface area contributed by atoms with Crippen LogP contribution in [0.1, 0.15) is 12.5 Å². The van der Waals surface area contributed by atoms with Crippen molar-refractivity contribution in [3.05, 3.63) is 72.2 Å². The number of fused-ring (bicyclic) bond motifs is 1. The highest BCUT2D eigenvalue weighted by atomic mass is 19.4. The van der Waals surface area contributed by atoms with Gasteiger partial charge in [-0.1, -0.05) is 6.07 Å². The first-order valence-electron chi connectivity index (χ1n) is 10.4. The summed E-state index contributed by atoms with van der Waals surface area (Å²) in [7, 11) is 0. The zero-order chi connectivity index (χ0) is 25.3. The van der Waals surface area contributed by atoms with Gasteiger partial charge in [-0.05, 0) is 55.0 Å². The molecule has 0 saturated carbocycles. The minimum atomic E-state index is -4.37. The third kappa shape index (κ3) is 5.19. The first kappa shape index (κ1) is 24.4. The molecule has 0 fully saturated rings. The lowest BCUT2D eigenvalue weighted by Gasteiger charge is -2.17. The van der Waals surface area contributed by atoms with Crippen LogP contribution in [0, 0.1) is 5.82 Å². The van der Waals surface area contributed by atoms with Crippen molar-refractivity contribution >= 4 is 16.6 Å². The molecular formula is C24H20F6N4O. The lowest BCUT2D eigenvalue weighted by molar-refractivity contribution is -0.151. The molecule has 0 aliphatic heterocycles. The van der Waals surface area contributed by atoms with Gasteiger partial charge in [0.25, 0.3) is 0 Å². The number of nitrogens with one attached hydrogen (secondary N) is 1. The minimum Gasteiger partial charge on any atom is -0.435 e. The van der Waals surface area contributed by atoms with Crippen LogP contribution >= 0.6 is 0 Å². The van der Waals surface area contributed by atoms with Gasteiger partial charge in [0.05, 0.1) is 22.6 Å². The Labute approximate surface area is 196 Å². The Morgan fingerprint density at radius 1 is 1.06 bits per heavy atom. The van der Waals surface area contributed by atoms with Crippen molar-refractivity contribution < 1.29 is 31.1 Å². The summed E-state index contributed by atoms with van der Waals surface area (Å²) >= 11 is 0. The highest BCUT2D eigenvalue weighted by molar-refractivity contribution is 6.02. The van der Waals surface area contributed by atoms with Crippen molar-refractivity contribution in [1.82, 2.24) is 14.9 Å². The molecule has 0 saturated heterocycles. The lowest BCUT2D eigenvalue weighted by atomic mass is 10.1. The third-order valence-corrected chi connectivity index (χ3v) is 5.46. The Hall–Kier alpha value is -3.73. The standard InChI is InChI=1S/C24H20F6N4O/c1-13(24(28,29)30)32-11-14-2-9-19(33-12-14)22-21(31)18-8-7-17(35-23(26)27)10-20(18)34(22)16-5-3-15(25)4-6-16/h2-10,12-13,23,32H,11,31H2,1H3. The molecule has 3 N–H and O–H groups in total. The molecule has 0 aliphatic rings. The predicted octanol–water partition coefficient (Wildman–Crippen LogP) is 6.06. The summed E-state index contributed by atoms with van der Waals surface area (Å²) in [4.78, 5) is 4.37. The summed E-state index contributed by atoms with van der Waals surface area (Å²) in [5.74, 6) is -0.558. The number of anilines is 1. The highest BCUT2D eigenvalue weighted by Gasteiger charge is 2.35. The molecule has 0 aliphatic carbocycles. The van der Waals surface area contributed by atoms with Crippen LogP contribution in [0.4, 0.5) is 32.0 Å². The number of nitrogen functional groups attached to an aromatic ring is 1. The molecule has 5 nitrogen and oxygen atoms in total. The Bertz CT molecular complexity index is 1320. The summed E-state index contributed by atoms with van der Waals surface area (Å²) in [6, 6.07) is 11.3. The smallest absolute Gasteiger partial charge is 0.403 e. The van der Waals surface area contributed by atoms with Crippen molar-refractivity contribution in [2.24, 2.45) is 0 Å². The number of halogens is 6. The zero-order valence-electron chi connectivity index (χ0n) is 18.3. The fourth-order valence-corrected chi connectivity index (χ4v) is 3.64. The van der Waals surface area contributed by atoms with Crippen LogP contribution in [-0.4, -0.2) is 28.4 Å². The maximum absolute atomic E-state index is 13.6. The Kier molecular flexibility index (Phi) is 6.62. The summed E-state index contributed by atoms with van der Waals surface area (Å²) < 4.78 is 83.5. The second-order valence-corrected chi connectivity index (χ2v) is 7.83. The van der Waals surface area contributed by atoms with Gasteiger partial charge < -0.3 is 20.4 Å². The fourth-order valence-electron chi connectivity index (χ4n) is 3.64. The van der Waals surface area contributed by atoms with Gasteiger partial charge in [0, 0.05) is 29.9 Å². The molecule has 1 unspecified atom stereocenters. The first-order chi connectivity index (χ1) is 16.5. The number of rotatable bonds is 7. The van der Waals surface area contributed by atoms with Crippen molar-refractivity contribution in [2.75, 3.05) is 5.73 Å². The van der Waals surface area contributed by atoms with E-state index in [9.17, 15) is 26.3 Å². The van der Waals surface area contributed by atoms with E-state index >= 15 is 0 Å². The van der Waals surface area contributed by atoms with Crippen molar-refractivity contribution in [1.29, 1.82) is 0 Å². The number of benzene rings is 2. The second-order valence-electron chi connectivity index (χ2n) is 7.83. The number of hydrogen-bond donors (Lipinski definition) is 2. The number of nitrogens with zero attached hydrogens (tertiary/aromatic N) is 2. The van der Waals surface area contributed by atoms with E-state index in [-0.39, 0.29) is 18.0 Å². The van der Waals surface area contributed by atoms with Crippen LogP contribution in [-0.2, 0) is 6.54 Å². The van der Waals surface area contributed by atoms with Gasteiger partial charge in [0.15, 0.2) is 0 Å². The monoisotopic (exact) mass is 494 g/mol. The van der Waals surface area contributed by atoms with Crippen LogP contribution < -0.4 is 15.8 Å². The van der Waals surface area contributed by atoms with Crippen LogP contribution in [0.3, 0.4) is 0 Å². The van der Waals surface area contributed by atoms with Gasteiger partial charge >= 0.3 is 12.8 Å². The van der Waals surface area contributed by atoms with Gasteiger partial charge in [0.1, 0.15) is 17.6 Å². The van der Waals surface area contributed by atoms with Crippen LogP contribution in [0.25, 0.3) is 28.0 Å². The van der Waals surface area contributed by atoms with Crippen LogP contribution in [0.5, 0.6) is 5.75 Å². The molecule has 11 heteroatoms. The number of nitrogens with two attached hydrogens (primary N) is 1. The second kappa shape index (κ2) is 9.49. The van der Waals surface area contributed by atoms with Gasteiger partial charge in [-0.15, -0.1) is 0 Å². The Morgan fingerprint density at radius 3 is 2.37 bits per heavy atom. The van der Waals surface area contributed by atoms with E-state index in [1.807, 2.05) is 0 Å². The minimum absolute atomic E-state index is 0.0568. The van der Waals surface area contributed by atoms with Crippen molar-refractivity contribution in [3.63, 3.8) is 0 Å². The average Bonchev–Trinajstić information content (AvgIpc) is 3.09.